The molecule has 1 heterocycles. The molecule has 1 aromatic carbocycles. The van der Waals surface area contributed by atoms with Crippen molar-refractivity contribution in [3.8, 4) is 0 Å². The van der Waals surface area contributed by atoms with Crippen molar-refractivity contribution in [1.29, 1.82) is 5.41 Å². The second-order valence-electron chi connectivity index (χ2n) is 3.72. The smallest absolute Gasteiger partial charge is 0.140 e. The van der Waals surface area contributed by atoms with E-state index in [4.69, 9.17) is 11.1 Å². The number of anilines is 1. The molecule has 104 valence electrons. The molecule has 6 heteroatoms. The lowest BCUT2D eigenvalue weighted by atomic mass is 10.1. The molecule has 3 nitrogen and oxygen atoms in total. The van der Waals surface area contributed by atoms with E-state index < -0.39 is 0 Å². The maximum atomic E-state index is 7.93. The van der Waals surface area contributed by atoms with Crippen molar-refractivity contribution >= 4 is 56.8 Å². The van der Waals surface area contributed by atoms with Crippen LogP contribution >= 0.6 is 45.3 Å². The molecule has 0 aliphatic carbocycles. The summed E-state index contributed by atoms with van der Waals surface area (Å²) in [7, 11) is 0. The molecule has 0 fully saturated rings. The molecule has 0 amide bonds. The lowest BCUT2D eigenvalue weighted by Gasteiger charge is -2.07. The van der Waals surface area contributed by atoms with Crippen LogP contribution in [-0.2, 0) is 6.42 Å². The second-order valence-corrected chi connectivity index (χ2v) is 4.66. The van der Waals surface area contributed by atoms with E-state index in [-0.39, 0.29) is 34.0 Å². The number of hydrogen-bond acceptors (Lipinski definition) is 3. The van der Waals surface area contributed by atoms with Crippen LogP contribution in [0.15, 0.2) is 41.8 Å². The first-order valence-corrected chi connectivity index (χ1v) is 6.36. The molecule has 0 atom stereocenters. The Morgan fingerprint density at radius 3 is 2.63 bits per heavy atom. The SMILES string of the molecule is Br.Br.N=C(Nc1cccc(CCN)c1)c1cccs1. The summed E-state index contributed by atoms with van der Waals surface area (Å²) in [6.45, 7) is 0.645. The summed E-state index contributed by atoms with van der Waals surface area (Å²) in [5.41, 5.74) is 7.66. The third-order valence-corrected chi connectivity index (χ3v) is 3.28. The summed E-state index contributed by atoms with van der Waals surface area (Å²) >= 11 is 1.56. The van der Waals surface area contributed by atoms with Crippen LogP contribution in [0.5, 0.6) is 0 Å². The fourth-order valence-corrected chi connectivity index (χ4v) is 2.23. The van der Waals surface area contributed by atoms with Gasteiger partial charge in [-0.1, -0.05) is 18.2 Å². The zero-order valence-electron chi connectivity index (χ0n) is 10.3. The average Bonchev–Trinajstić information content (AvgIpc) is 2.83. The van der Waals surface area contributed by atoms with Crippen LogP contribution in [0.1, 0.15) is 10.4 Å². The Morgan fingerprint density at radius 1 is 1.21 bits per heavy atom. The van der Waals surface area contributed by atoms with Gasteiger partial charge in [-0.3, -0.25) is 5.41 Å². The maximum Gasteiger partial charge on any atom is 0.140 e. The lowest BCUT2D eigenvalue weighted by molar-refractivity contribution is 0.969. The third kappa shape index (κ3) is 5.44. The van der Waals surface area contributed by atoms with E-state index >= 15 is 0 Å². The summed E-state index contributed by atoms with van der Waals surface area (Å²) < 4.78 is 0. The van der Waals surface area contributed by atoms with E-state index in [9.17, 15) is 0 Å². The first-order valence-electron chi connectivity index (χ1n) is 5.48. The maximum absolute atomic E-state index is 7.93. The van der Waals surface area contributed by atoms with E-state index in [0.717, 1.165) is 17.0 Å². The fourth-order valence-electron chi connectivity index (χ4n) is 1.60. The highest BCUT2D eigenvalue weighted by Gasteiger charge is 2.02. The molecule has 0 bridgehead atoms. The van der Waals surface area contributed by atoms with Crippen LogP contribution in [0.4, 0.5) is 5.69 Å². The van der Waals surface area contributed by atoms with Crippen LogP contribution in [0.3, 0.4) is 0 Å². The molecule has 0 radical (unpaired) electrons. The zero-order valence-corrected chi connectivity index (χ0v) is 14.5. The molecule has 0 spiro atoms. The highest BCUT2D eigenvalue weighted by atomic mass is 79.9. The van der Waals surface area contributed by atoms with Crippen molar-refractivity contribution in [3.63, 3.8) is 0 Å². The molecule has 0 aliphatic rings. The first kappa shape index (κ1) is 18.3. The number of amidine groups is 1. The second kappa shape index (κ2) is 9.25. The molecule has 1 aromatic heterocycles. The normalized spacial score (nSPS) is 9.11. The van der Waals surface area contributed by atoms with Crippen LogP contribution in [0, 0.1) is 5.41 Å². The number of hydrogen-bond donors (Lipinski definition) is 3. The van der Waals surface area contributed by atoms with Crippen LogP contribution in [0.2, 0.25) is 0 Å². The zero-order chi connectivity index (χ0) is 12.1. The Balaban J connectivity index is 0.00000162. The van der Waals surface area contributed by atoms with Gasteiger partial charge < -0.3 is 11.1 Å². The third-order valence-electron chi connectivity index (χ3n) is 2.40. The highest BCUT2D eigenvalue weighted by molar-refractivity contribution is 8.93. The molecule has 4 N–H and O–H groups in total. The molecule has 19 heavy (non-hydrogen) atoms. The largest absolute Gasteiger partial charge is 0.340 e. The summed E-state index contributed by atoms with van der Waals surface area (Å²) in [4.78, 5) is 0.939. The minimum Gasteiger partial charge on any atom is -0.340 e. The predicted molar refractivity (Wildman–Crippen MR) is 94.6 cm³/mol. The van der Waals surface area contributed by atoms with E-state index in [1.54, 1.807) is 11.3 Å². The van der Waals surface area contributed by atoms with Gasteiger partial charge >= 0.3 is 0 Å². The van der Waals surface area contributed by atoms with Crippen molar-refractivity contribution in [2.75, 3.05) is 11.9 Å². The van der Waals surface area contributed by atoms with Crippen molar-refractivity contribution in [2.24, 2.45) is 5.73 Å². The summed E-state index contributed by atoms with van der Waals surface area (Å²) in [5.74, 6) is 0.435. The van der Waals surface area contributed by atoms with Crippen molar-refractivity contribution in [3.05, 3.63) is 52.2 Å². The first-order chi connectivity index (χ1) is 8.29. The van der Waals surface area contributed by atoms with Gasteiger partial charge in [-0.05, 0) is 42.1 Å². The number of rotatable bonds is 4. The number of nitrogens with one attached hydrogen (secondary N) is 2. The molecule has 0 saturated carbocycles. The molecule has 0 saturated heterocycles. The van der Waals surface area contributed by atoms with Gasteiger partial charge in [0.2, 0.25) is 0 Å². The Morgan fingerprint density at radius 2 is 2.00 bits per heavy atom. The van der Waals surface area contributed by atoms with Crippen LogP contribution < -0.4 is 11.1 Å². The topological polar surface area (TPSA) is 61.9 Å². The number of thiophene rings is 1. The molecule has 0 unspecified atom stereocenters. The Labute approximate surface area is 138 Å². The summed E-state index contributed by atoms with van der Waals surface area (Å²) in [6.07, 6.45) is 0.863. The molecular weight excluding hydrogens is 390 g/mol. The number of halogens is 2. The lowest BCUT2D eigenvalue weighted by Crippen LogP contribution is -2.10. The van der Waals surface area contributed by atoms with Crippen LogP contribution in [-0.4, -0.2) is 12.4 Å². The van der Waals surface area contributed by atoms with Gasteiger partial charge in [0.1, 0.15) is 5.84 Å². The van der Waals surface area contributed by atoms with Gasteiger partial charge in [-0.15, -0.1) is 45.3 Å². The van der Waals surface area contributed by atoms with Crippen molar-refractivity contribution < 1.29 is 0 Å². The van der Waals surface area contributed by atoms with Gasteiger partial charge in [-0.25, -0.2) is 0 Å². The fraction of sp³-hybridized carbons (Fsp3) is 0.154. The Kier molecular flexibility index (Phi) is 8.92. The average molecular weight is 407 g/mol. The van der Waals surface area contributed by atoms with Gasteiger partial charge in [-0.2, -0.15) is 0 Å². The standard InChI is InChI=1S/C13H15N3S.2BrH/c14-7-6-10-3-1-4-11(9-10)16-13(15)12-5-2-8-17-12;;/h1-5,8-9H,6-7,14H2,(H2,15,16);2*1H. The molecule has 2 rings (SSSR count). The predicted octanol–water partition coefficient (Wildman–Crippen LogP) is 3.84. The monoisotopic (exact) mass is 405 g/mol. The summed E-state index contributed by atoms with van der Waals surface area (Å²) in [6, 6.07) is 11.9. The molecule has 0 aliphatic heterocycles. The van der Waals surface area contributed by atoms with Gasteiger partial charge in [0.15, 0.2) is 0 Å². The van der Waals surface area contributed by atoms with E-state index in [1.165, 1.54) is 5.56 Å². The van der Waals surface area contributed by atoms with E-state index in [1.807, 2.05) is 41.8 Å². The summed E-state index contributed by atoms with van der Waals surface area (Å²) in [5, 5.41) is 13.0. The molecular formula is C13H17Br2N3S. The quantitative estimate of drug-likeness (QED) is 0.533. The van der Waals surface area contributed by atoms with Crippen LogP contribution in [0.25, 0.3) is 0 Å². The minimum atomic E-state index is 0. The van der Waals surface area contributed by atoms with Gasteiger partial charge in [0, 0.05) is 5.69 Å². The van der Waals surface area contributed by atoms with Crippen molar-refractivity contribution in [2.45, 2.75) is 6.42 Å². The van der Waals surface area contributed by atoms with Gasteiger partial charge in [0.25, 0.3) is 0 Å². The Hall–Kier alpha value is -0.690. The van der Waals surface area contributed by atoms with E-state index in [2.05, 4.69) is 5.32 Å². The number of nitrogens with two attached hydrogens (primary N) is 1. The molecule has 2 aromatic rings. The Bertz CT molecular complexity index is 500. The van der Waals surface area contributed by atoms with Gasteiger partial charge in [0.05, 0.1) is 4.88 Å². The minimum absolute atomic E-state index is 0. The highest BCUT2D eigenvalue weighted by Crippen LogP contribution is 2.14. The van der Waals surface area contributed by atoms with E-state index in [0.29, 0.717) is 12.4 Å². The number of benzene rings is 1. The van der Waals surface area contributed by atoms with Crippen molar-refractivity contribution in [1.82, 2.24) is 0 Å².